The zero-order valence-corrected chi connectivity index (χ0v) is 13.0. The summed E-state index contributed by atoms with van der Waals surface area (Å²) < 4.78 is 27.6. The van der Waals surface area contributed by atoms with Gasteiger partial charge in [0.25, 0.3) is 10.0 Å². The predicted molar refractivity (Wildman–Crippen MR) is 81.2 cm³/mol. The summed E-state index contributed by atoms with van der Waals surface area (Å²) in [6.07, 6.45) is 1.65. The van der Waals surface area contributed by atoms with Crippen LogP contribution in [0.1, 0.15) is 5.69 Å². The van der Waals surface area contributed by atoms with Gasteiger partial charge in [-0.3, -0.25) is 4.98 Å². The molecule has 0 bridgehead atoms. The molecule has 0 unspecified atom stereocenters. The van der Waals surface area contributed by atoms with Gasteiger partial charge in [-0.1, -0.05) is 18.2 Å². The number of benzene rings is 1. The number of aromatic nitrogens is 2. The van der Waals surface area contributed by atoms with Gasteiger partial charge in [-0.15, -0.1) is 0 Å². The predicted octanol–water partition coefficient (Wildman–Crippen LogP) is 3.34. The minimum absolute atomic E-state index is 0.264. The second-order valence-electron chi connectivity index (χ2n) is 4.43. The van der Waals surface area contributed by atoms with E-state index >= 15 is 0 Å². The van der Waals surface area contributed by atoms with E-state index in [-0.39, 0.29) is 4.90 Å². The van der Waals surface area contributed by atoms with Gasteiger partial charge in [-0.25, -0.2) is 12.4 Å². The lowest BCUT2D eigenvalue weighted by Crippen LogP contribution is -2.14. The fraction of sp³-hybridized carbons (Fsp3) is 0.0714. The first kappa shape index (κ1) is 13.3. The fourth-order valence-corrected chi connectivity index (χ4v) is 4.04. The number of halogens is 1. The quantitative estimate of drug-likeness (QED) is 0.712. The maximum absolute atomic E-state index is 12.8. The van der Waals surface area contributed by atoms with E-state index in [2.05, 4.69) is 20.9 Å². The Morgan fingerprint density at radius 3 is 2.55 bits per heavy atom. The number of hydrogen-bond donors (Lipinski definition) is 0. The largest absolute Gasteiger partial charge is 0.268 e. The zero-order chi connectivity index (χ0) is 14.3. The average Bonchev–Trinajstić information content (AvgIpc) is 2.75. The second kappa shape index (κ2) is 4.71. The Morgan fingerprint density at radius 2 is 1.85 bits per heavy atom. The first-order valence-electron chi connectivity index (χ1n) is 5.94. The molecule has 0 fully saturated rings. The number of nitrogens with zero attached hydrogens (tertiary/aromatic N) is 2. The molecule has 2 heterocycles. The first-order chi connectivity index (χ1) is 9.50. The van der Waals surface area contributed by atoms with Crippen LogP contribution in [0.4, 0.5) is 0 Å². The maximum atomic E-state index is 12.8. The molecule has 4 nitrogen and oxygen atoms in total. The van der Waals surface area contributed by atoms with Gasteiger partial charge in [0.15, 0.2) is 0 Å². The summed E-state index contributed by atoms with van der Waals surface area (Å²) >= 11 is 3.33. The highest BCUT2D eigenvalue weighted by Gasteiger charge is 2.21. The molecule has 20 heavy (non-hydrogen) atoms. The van der Waals surface area contributed by atoms with Crippen LogP contribution >= 0.6 is 15.9 Å². The Hall–Kier alpha value is -1.66. The van der Waals surface area contributed by atoms with E-state index in [1.165, 1.54) is 3.97 Å². The van der Waals surface area contributed by atoms with Crippen LogP contribution in [0.15, 0.2) is 58.0 Å². The molecular formula is C14H11BrN2O2S. The van der Waals surface area contributed by atoms with Crippen LogP contribution in [-0.4, -0.2) is 17.4 Å². The Morgan fingerprint density at radius 1 is 1.15 bits per heavy atom. The molecule has 2 aromatic heterocycles. The van der Waals surface area contributed by atoms with Crippen LogP contribution in [0.2, 0.25) is 0 Å². The molecule has 3 rings (SSSR count). The number of pyridine rings is 1. The van der Waals surface area contributed by atoms with Gasteiger partial charge in [0.1, 0.15) is 0 Å². The fourth-order valence-electron chi connectivity index (χ4n) is 2.18. The third-order valence-electron chi connectivity index (χ3n) is 3.03. The maximum Gasteiger partial charge on any atom is 0.268 e. The average molecular weight is 351 g/mol. The Bertz CT molecular complexity index is 886. The Balaban J connectivity index is 2.35. The van der Waals surface area contributed by atoms with Gasteiger partial charge in [-0.2, -0.15) is 0 Å². The van der Waals surface area contributed by atoms with Crippen molar-refractivity contribution < 1.29 is 8.42 Å². The lowest BCUT2D eigenvalue weighted by atomic mass is 10.4. The third-order valence-corrected chi connectivity index (χ3v) is 5.30. The van der Waals surface area contributed by atoms with Gasteiger partial charge < -0.3 is 0 Å². The first-order valence-corrected chi connectivity index (χ1v) is 8.18. The molecule has 0 N–H and O–H groups in total. The van der Waals surface area contributed by atoms with Crippen LogP contribution < -0.4 is 0 Å². The second-order valence-corrected chi connectivity index (χ2v) is 7.13. The third kappa shape index (κ3) is 2.05. The molecule has 0 saturated carbocycles. The standard InChI is InChI=1S/C14H11BrN2O2S/c1-10-7-13-14(8-11(15)9-16-13)17(10)20(18,19)12-5-3-2-4-6-12/h2-9H,1H3. The number of rotatable bonds is 2. The molecule has 6 heteroatoms. The van der Waals surface area contributed by atoms with Crippen LogP contribution in [0.5, 0.6) is 0 Å². The van der Waals surface area contributed by atoms with E-state index in [0.29, 0.717) is 16.7 Å². The highest BCUT2D eigenvalue weighted by atomic mass is 79.9. The van der Waals surface area contributed by atoms with Crippen LogP contribution in [0.3, 0.4) is 0 Å². The summed E-state index contributed by atoms with van der Waals surface area (Å²) in [5.41, 5.74) is 1.86. The molecule has 1 aromatic carbocycles. The molecule has 0 spiro atoms. The van der Waals surface area contributed by atoms with Crippen molar-refractivity contribution in [2.75, 3.05) is 0 Å². The summed E-state index contributed by atoms with van der Waals surface area (Å²) in [7, 11) is -3.61. The number of aryl methyl sites for hydroxylation is 1. The van der Waals surface area contributed by atoms with Crippen molar-refractivity contribution >= 4 is 37.0 Å². The molecule has 0 aliphatic rings. The van der Waals surface area contributed by atoms with Crippen molar-refractivity contribution in [1.29, 1.82) is 0 Å². The van der Waals surface area contributed by atoms with E-state index in [1.807, 2.05) is 0 Å². The van der Waals surface area contributed by atoms with Crippen molar-refractivity contribution in [3.05, 3.63) is 58.8 Å². The molecule has 0 radical (unpaired) electrons. The van der Waals surface area contributed by atoms with E-state index in [4.69, 9.17) is 0 Å². The van der Waals surface area contributed by atoms with E-state index < -0.39 is 10.0 Å². The highest BCUT2D eigenvalue weighted by Crippen LogP contribution is 2.26. The summed E-state index contributed by atoms with van der Waals surface area (Å²) in [5.74, 6) is 0. The molecule has 102 valence electrons. The topological polar surface area (TPSA) is 52.0 Å². The summed E-state index contributed by atoms with van der Waals surface area (Å²) in [5, 5.41) is 0. The molecule has 0 saturated heterocycles. The molecule has 3 aromatic rings. The van der Waals surface area contributed by atoms with E-state index in [0.717, 1.165) is 4.47 Å². The van der Waals surface area contributed by atoms with Gasteiger partial charge in [0.05, 0.1) is 15.9 Å². The minimum atomic E-state index is -3.61. The lowest BCUT2D eigenvalue weighted by Gasteiger charge is -2.09. The van der Waals surface area contributed by atoms with Crippen molar-refractivity contribution in [3.63, 3.8) is 0 Å². The summed E-state index contributed by atoms with van der Waals surface area (Å²) in [6, 6.07) is 11.9. The molecule has 0 atom stereocenters. The van der Waals surface area contributed by atoms with Gasteiger partial charge in [0, 0.05) is 16.4 Å². The van der Waals surface area contributed by atoms with E-state index in [1.54, 1.807) is 55.6 Å². The van der Waals surface area contributed by atoms with Gasteiger partial charge in [-0.05, 0) is 47.1 Å². The van der Waals surface area contributed by atoms with Crippen LogP contribution in [-0.2, 0) is 10.0 Å². The SMILES string of the molecule is Cc1cc2ncc(Br)cc2n1S(=O)(=O)c1ccccc1. The van der Waals surface area contributed by atoms with Crippen LogP contribution in [0, 0.1) is 6.92 Å². The van der Waals surface area contributed by atoms with Crippen LogP contribution in [0.25, 0.3) is 11.0 Å². The number of hydrogen-bond acceptors (Lipinski definition) is 3. The van der Waals surface area contributed by atoms with Gasteiger partial charge in [0.2, 0.25) is 0 Å². The molecular weight excluding hydrogens is 340 g/mol. The zero-order valence-electron chi connectivity index (χ0n) is 10.6. The molecule has 0 amide bonds. The Labute approximate surface area is 125 Å². The van der Waals surface area contributed by atoms with Crippen molar-refractivity contribution in [2.45, 2.75) is 11.8 Å². The van der Waals surface area contributed by atoms with Crippen molar-refractivity contribution in [1.82, 2.24) is 8.96 Å². The Kier molecular flexibility index (Phi) is 3.14. The smallest absolute Gasteiger partial charge is 0.253 e. The summed E-state index contributed by atoms with van der Waals surface area (Å²) in [6.45, 7) is 1.76. The molecule has 0 aliphatic carbocycles. The summed E-state index contributed by atoms with van der Waals surface area (Å²) in [4.78, 5) is 4.50. The van der Waals surface area contributed by atoms with Gasteiger partial charge >= 0.3 is 0 Å². The number of fused-ring (bicyclic) bond motifs is 1. The monoisotopic (exact) mass is 350 g/mol. The molecule has 0 aliphatic heterocycles. The van der Waals surface area contributed by atoms with Crippen molar-refractivity contribution in [3.8, 4) is 0 Å². The van der Waals surface area contributed by atoms with E-state index in [9.17, 15) is 8.42 Å². The normalized spacial score (nSPS) is 11.9. The van der Waals surface area contributed by atoms with Crippen molar-refractivity contribution in [2.24, 2.45) is 0 Å². The highest BCUT2D eigenvalue weighted by molar-refractivity contribution is 9.10. The lowest BCUT2D eigenvalue weighted by molar-refractivity contribution is 0.588. The minimum Gasteiger partial charge on any atom is -0.253 e.